The number of hydrogen-bond acceptors (Lipinski definition) is 4. The molecule has 2 unspecified atom stereocenters. The van der Waals surface area contributed by atoms with Gasteiger partial charge in [-0.15, -0.1) is 0 Å². The first-order chi connectivity index (χ1) is 7.76. The van der Waals surface area contributed by atoms with Crippen molar-refractivity contribution in [2.24, 2.45) is 0 Å². The highest BCUT2D eigenvalue weighted by Crippen LogP contribution is 2.12. The molecule has 0 radical (unpaired) electrons. The van der Waals surface area contributed by atoms with Crippen molar-refractivity contribution >= 4 is 0 Å². The Morgan fingerprint density at radius 1 is 1.25 bits per heavy atom. The second-order valence-corrected chi connectivity index (χ2v) is 4.87. The summed E-state index contributed by atoms with van der Waals surface area (Å²) in [7, 11) is 0. The van der Waals surface area contributed by atoms with Gasteiger partial charge in [-0.2, -0.15) is 0 Å². The maximum Gasteiger partial charge on any atom is 0.0607 e. The van der Waals surface area contributed by atoms with Gasteiger partial charge in [-0.05, 0) is 32.7 Å². The highest BCUT2D eigenvalue weighted by atomic mass is 16.3. The first-order valence-corrected chi connectivity index (χ1v) is 6.47. The van der Waals surface area contributed by atoms with Crippen molar-refractivity contribution in [2.75, 3.05) is 19.8 Å². The molecule has 4 heteroatoms. The van der Waals surface area contributed by atoms with E-state index in [1.54, 1.807) is 0 Å². The van der Waals surface area contributed by atoms with E-state index in [1.165, 1.54) is 25.7 Å². The fourth-order valence-electron chi connectivity index (χ4n) is 2.36. The second kappa shape index (κ2) is 8.01. The molecule has 0 spiro atoms. The molecule has 1 rings (SSSR count). The summed E-state index contributed by atoms with van der Waals surface area (Å²) in [5.74, 6) is 0. The van der Waals surface area contributed by atoms with Crippen LogP contribution in [-0.2, 0) is 0 Å². The van der Waals surface area contributed by atoms with E-state index in [-0.39, 0.29) is 19.3 Å². The van der Waals surface area contributed by atoms with E-state index in [0.717, 1.165) is 13.0 Å². The summed E-state index contributed by atoms with van der Waals surface area (Å²) in [4.78, 5) is 0. The molecule has 0 aromatic carbocycles. The number of rotatable bonds is 6. The fraction of sp³-hybridized carbons (Fsp3) is 1.00. The van der Waals surface area contributed by atoms with Gasteiger partial charge in [0.25, 0.3) is 0 Å². The first kappa shape index (κ1) is 13.9. The Kier molecular flexibility index (Phi) is 6.96. The fourth-order valence-corrected chi connectivity index (χ4v) is 2.36. The summed E-state index contributed by atoms with van der Waals surface area (Å²) in [6.45, 7) is 3.24. The highest BCUT2D eigenvalue weighted by molar-refractivity contribution is 4.78. The molecule has 1 heterocycles. The topological polar surface area (TPSA) is 64.5 Å². The Labute approximate surface area is 98.4 Å². The predicted molar refractivity (Wildman–Crippen MR) is 65.4 cm³/mol. The molecule has 1 saturated heterocycles. The van der Waals surface area contributed by atoms with Crippen LogP contribution in [0.1, 0.15) is 39.0 Å². The van der Waals surface area contributed by atoms with Gasteiger partial charge in [0.2, 0.25) is 0 Å². The minimum Gasteiger partial charge on any atom is -0.395 e. The Morgan fingerprint density at radius 2 is 2.00 bits per heavy atom. The first-order valence-electron chi connectivity index (χ1n) is 6.47. The average molecular weight is 230 g/mol. The normalized spacial score (nSPS) is 24.4. The van der Waals surface area contributed by atoms with Crippen LogP contribution in [0.4, 0.5) is 0 Å². The summed E-state index contributed by atoms with van der Waals surface area (Å²) in [5, 5.41) is 24.8. The van der Waals surface area contributed by atoms with E-state index in [9.17, 15) is 0 Å². The lowest BCUT2D eigenvalue weighted by molar-refractivity contribution is 0.160. The van der Waals surface area contributed by atoms with Crippen LogP contribution < -0.4 is 10.6 Å². The zero-order chi connectivity index (χ0) is 11.8. The van der Waals surface area contributed by atoms with E-state index in [1.807, 2.05) is 0 Å². The predicted octanol–water partition coefficient (Wildman–Crippen LogP) is 0.240. The van der Waals surface area contributed by atoms with Gasteiger partial charge in [0.05, 0.1) is 19.3 Å². The SMILES string of the molecule is CC(CC1CCCCCN1)NC(CO)CO. The van der Waals surface area contributed by atoms with Crippen LogP contribution in [0.5, 0.6) is 0 Å². The Morgan fingerprint density at radius 3 is 2.69 bits per heavy atom. The molecule has 1 aliphatic rings. The van der Waals surface area contributed by atoms with Gasteiger partial charge in [0.15, 0.2) is 0 Å². The van der Waals surface area contributed by atoms with Crippen LogP contribution in [0.2, 0.25) is 0 Å². The van der Waals surface area contributed by atoms with Crippen molar-refractivity contribution in [3.05, 3.63) is 0 Å². The monoisotopic (exact) mass is 230 g/mol. The summed E-state index contributed by atoms with van der Waals surface area (Å²) >= 11 is 0. The molecule has 0 bridgehead atoms. The number of aliphatic hydroxyl groups is 2. The van der Waals surface area contributed by atoms with Gasteiger partial charge in [-0.3, -0.25) is 0 Å². The van der Waals surface area contributed by atoms with Gasteiger partial charge in [-0.1, -0.05) is 12.8 Å². The minimum atomic E-state index is -0.180. The third-order valence-electron chi connectivity index (χ3n) is 3.26. The summed E-state index contributed by atoms with van der Waals surface area (Å²) in [6.07, 6.45) is 6.24. The van der Waals surface area contributed by atoms with E-state index in [0.29, 0.717) is 12.1 Å². The molecule has 0 aliphatic carbocycles. The zero-order valence-corrected chi connectivity index (χ0v) is 10.3. The van der Waals surface area contributed by atoms with Crippen LogP contribution in [0, 0.1) is 0 Å². The van der Waals surface area contributed by atoms with Crippen LogP contribution in [-0.4, -0.2) is 48.1 Å². The van der Waals surface area contributed by atoms with E-state index < -0.39 is 0 Å². The third kappa shape index (κ3) is 5.25. The van der Waals surface area contributed by atoms with E-state index in [4.69, 9.17) is 10.2 Å². The lowest BCUT2D eigenvalue weighted by Gasteiger charge is -2.24. The lowest BCUT2D eigenvalue weighted by atomic mass is 10.0. The molecule has 16 heavy (non-hydrogen) atoms. The molecule has 4 nitrogen and oxygen atoms in total. The summed E-state index contributed by atoms with van der Waals surface area (Å²) < 4.78 is 0. The van der Waals surface area contributed by atoms with Gasteiger partial charge < -0.3 is 20.8 Å². The van der Waals surface area contributed by atoms with Crippen molar-refractivity contribution in [3.8, 4) is 0 Å². The van der Waals surface area contributed by atoms with E-state index in [2.05, 4.69) is 17.6 Å². The molecule has 0 amide bonds. The quantitative estimate of drug-likeness (QED) is 0.528. The molecular formula is C12H26N2O2. The number of hydrogen-bond donors (Lipinski definition) is 4. The lowest BCUT2D eigenvalue weighted by Crippen LogP contribution is -2.44. The van der Waals surface area contributed by atoms with Crippen molar-refractivity contribution in [1.82, 2.24) is 10.6 Å². The second-order valence-electron chi connectivity index (χ2n) is 4.87. The van der Waals surface area contributed by atoms with Gasteiger partial charge in [0, 0.05) is 12.1 Å². The largest absolute Gasteiger partial charge is 0.395 e. The minimum absolute atomic E-state index is 0.00106. The Bertz CT molecular complexity index is 166. The summed E-state index contributed by atoms with van der Waals surface area (Å²) in [5.41, 5.74) is 0. The molecular weight excluding hydrogens is 204 g/mol. The smallest absolute Gasteiger partial charge is 0.0607 e. The molecule has 2 atom stereocenters. The Hall–Kier alpha value is -0.160. The van der Waals surface area contributed by atoms with Crippen molar-refractivity contribution in [2.45, 2.75) is 57.2 Å². The van der Waals surface area contributed by atoms with E-state index >= 15 is 0 Å². The van der Waals surface area contributed by atoms with Crippen LogP contribution in [0.3, 0.4) is 0 Å². The molecule has 4 N–H and O–H groups in total. The number of nitrogens with one attached hydrogen (secondary N) is 2. The third-order valence-corrected chi connectivity index (χ3v) is 3.26. The van der Waals surface area contributed by atoms with Crippen molar-refractivity contribution in [3.63, 3.8) is 0 Å². The average Bonchev–Trinajstić information content (AvgIpc) is 2.54. The maximum absolute atomic E-state index is 8.99. The van der Waals surface area contributed by atoms with Crippen molar-refractivity contribution < 1.29 is 10.2 Å². The molecule has 0 saturated carbocycles. The van der Waals surface area contributed by atoms with Gasteiger partial charge in [0.1, 0.15) is 0 Å². The maximum atomic E-state index is 8.99. The van der Waals surface area contributed by atoms with Gasteiger partial charge in [-0.25, -0.2) is 0 Å². The zero-order valence-electron chi connectivity index (χ0n) is 10.3. The van der Waals surface area contributed by atoms with Crippen LogP contribution in [0.15, 0.2) is 0 Å². The standard InChI is InChI=1S/C12H26N2O2/c1-10(14-12(8-15)9-16)7-11-5-3-2-4-6-13-11/h10-16H,2-9H2,1H3. The molecule has 1 aliphatic heterocycles. The molecule has 0 aromatic rings. The molecule has 1 fully saturated rings. The highest BCUT2D eigenvalue weighted by Gasteiger charge is 2.16. The Balaban J connectivity index is 2.23. The van der Waals surface area contributed by atoms with Crippen molar-refractivity contribution in [1.29, 1.82) is 0 Å². The van der Waals surface area contributed by atoms with Gasteiger partial charge >= 0.3 is 0 Å². The molecule has 0 aromatic heterocycles. The van der Waals surface area contributed by atoms with Crippen LogP contribution in [0.25, 0.3) is 0 Å². The summed E-state index contributed by atoms with van der Waals surface area (Å²) in [6, 6.07) is 0.740. The number of aliphatic hydroxyl groups excluding tert-OH is 2. The van der Waals surface area contributed by atoms with Crippen LogP contribution >= 0.6 is 0 Å². The molecule has 96 valence electrons.